The molecule has 0 aromatic heterocycles. The Kier molecular flexibility index (Phi) is 7.79. The van der Waals surface area contributed by atoms with Crippen LogP contribution in [0.3, 0.4) is 0 Å². The lowest BCUT2D eigenvalue weighted by atomic mass is 9.95. The highest BCUT2D eigenvalue weighted by molar-refractivity contribution is 5.84. The number of aliphatic carboxylic acids is 1. The molecule has 2 atom stereocenters. The molecular weight excluding hydrogens is 248 g/mol. The Balaban J connectivity index is 3.91. The number of amides is 2. The molecule has 0 heterocycles. The van der Waals surface area contributed by atoms with Gasteiger partial charge in [-0.25, -0.2) is 0 Å². The van der Waals surface area contributed by atoms with E-state index in [0.717, 1.165) is 0 Å². The molecule has 6 heteroatoms. The van der Waals surface area contributed by atoms with Crippen LogP contribution in [0.1, 0.15) is 34.1 Å². The summed E-state index contributed by atoms with van der Waals surface area (Å²) in [5.41, 5.74) is 0. The van der Waals surface area contributed by atoms with Crippen molar-refractivity contribution in [2.24, 2.45) is 17.8 Å². The summed E-state index contributed by atoms with van der Waals surface area (Å²) in [4.78, 5) is 33.7. The monoisotopic (exact) mass is 272 g/mol. The van der Waals surface area contributed by atoms with E-state index in [4.69, 9.17) is 5.11 Å². The fourth-order valence-electron chi connectivity index (χ4n) is 1.31. The van der Waals surface area contributed by atoms with Gasteiger partial charge >= 0.3 is 5.97 Å². The van der Waals surface area contributed by atoms with Gasteiger partial charge in [-0.15, -0.1) is 0 Å². The molecule has 0 bridgehead atoms. The number of nitrogens with one attached hydrogen (secondary N) is 2. The highest BCUT2D eigenvalue weighted by Gasteiger charge is 2.25. The van der Waals surface area contributed by atoms with Crippen LogP contribution in [0.5, 0.6) is 0 Å². The van der Waals surface area contributed by atoms with E-state index >= 15 is 0 Å². The zero-order valence-electron chi connectivity index (χ0n) is 12.0. The predicted octanol–water partition coefficient (Wildman–Crippen LogP) is 0.622. The average molecular weight is 272 g/mol. The highest BCUT2D eigenvalue weighted by atomic mass is 16.4. The SMILES string of the molecule is CC(C)CNC(=O)CCNC(=O)C(C)C(C)C(=O)O. The molecule has 3 N–H and O–H groups in total. The lowest BCUT2D eigenvalue weighted by Gasteiger charge is -2.15. The summed E-state index contributed by atoms with van der Waals surface area (Å²) in [5.74, 6) is -2.43. The maximum Gasteiger partial charge on any atom is 0.307 e. The second-order valence-electron chi connectivity index (χ2n) is 5.15. The van der Waals surface area contributed by atoms with Crippen LogP contribution in [0.4, 0.5) is 0 Å². The minimum atomic E-state index is -1.00. The minimum absolute atomic E-state index is 0.118. The molecule has 0 rings (SSSR count). The van der Waals surface area contributed by atoms with Crippen LogP contribution in [0.2, 0.25) is 0 Å². The third-order valence-corrected chi connectivity index (χ3v) is 2.91. The molecule has 110 valence electrons. The lowest BCUT2D eigenvalue weighted by Crippen LogP contribution is -2.37. The number of hydrogen-bond donors (Lipinski definition) is 3. The number of carboxylic acid groups (broad SMARTS) is 1. The van der Waals surface area contributed by atoms with Gasteiger partial charge in [-0.2, -0.15) is 0 Å². The number of carbonyl (C=O) groups is 3. The predicted molar refractivity (Wildman–Crippen MR) is 71.4 cm³/mol. The Hall–Kier alpha value is -1.59. The van der Waals surface area contributed by atoms with Crippen LogP contribution in [0, 0.1) is 17.8 Å². The first-order chi connectivity index (χ1) is 8.75. The Morgan fingerprint density at radius 1 is 1.00 bits per heavy atom. The zero-order valence-corrected chi connectivity index (χ0v) is 12.0. The summed E-state index contributed by atoms with van der Waals surface area (Å²) in [7, 11) is 0. The summed E-state index contributed by atoms with van der Waals surface area (Å²) in [5, 5.41) is 14.1. The fourth-order valence-corrected chi connectivity index (χ4v) is 1.31. The minimum Gasteiger partial charge on any atom is -0.481 e. The molecule has 0 fully saturated rings. The van der Waals surface area contributed by atoms with Crippen molar-refractivity contribution in [1.82, 2.24) is 10.6 Å². The largest absolute Gasteiger partial charge is 0.481 e. The molecule has 19 heavy (non-hydrogen) atoms. The normalized spacial score (nSPS) is 13.7. The molecular formula is C13H24N2O4. The molecule has 0 aromatic rings. The maximum atomic E-state index is 11.6. The fraction of sp³-hybridized carbons (Fsp3) is 0.769. The van der Waals surface area contributed by atoms with Gasteiger partial charge in [0.05, 0.1) is 5.92 Å². The molecule has 0 aromatic carbocycles. The van der Waals surface area contributed by atoms with Crippen LogP contribution >= 0.6 is 0 Å². The molecule has 0 aliphatic heterocycles. The Morgan fingerprint density at radius 3 is 2.05 bits per heavy atom. The van der Waals surface area contributed by atoms with Gasteiger partial charge in [-0.1, -0.05) is 27.7 Å². The van der Waals surface area contributed by atoms with Crippen molar-refractivity contribution in [3.8, 4) is 0 Å². The van der Waals surface area contributed by atoms with Crippen molar-refractivity contribution in [3.63, 3.8) is 0 Å². The molecule has 6 nitrogen and oxygen atoms in total. The van der Waals surface area contributed by atoms with Crippen molar-refractivity contribution >= 4 is 17.8 Å². The van der Waals surface area contributed by atoms with Crippen molar-refractivity contribution in [2.75, 3.05) is 13.1 Å². The number of carbonyl (C=O) groups excluding carboxylic acids is 2. The first kappa shape index (κ1) is 17.4. The summed E-state index contributed by atoms with van der Waals surface area (Å²) in [6.07, 6.45) is 0.201. The molecule has 0 aliphatic carbocycles. The van der Waals surface area contributed by atoms with E-state index in [1.54, 1.807) is 6.92 Å². The van der Waals surface area contributed by atoms with Gasteiger partial charge in [0.1, 0.15) is 0 Å². The van der Waals surface area contributed by atoms with Gasteiger partial charge in [0.15, 0.2) is 0 Å². The Morgan fingerprint density at radius 2 is 1.58 bits per heavy atom. The van der Waals surface area contributed by atoms with Crippen LogP contribution in [0.25, 0.3) is 0 Å². The van der Waals surface area contributed by atoms with Crippen LogP contribution in [-0.2, 0) is 14.4 Å². The summed E-state index contributed by atoms with van der Waals surface area (Å²) >= 11 is 0. The van der Waals surface area contributed by atoms with E-state index in [9.17, 15) is 14.4 Å². The molecule has 0 spiro atoms. The molecule has 0 saturated heterocycles. The maximum absolute atomic E-state index is 11.6. The van der Waals surface area contributed by atoms with Crippen molar-refractivity contribution in [1.29, 1.82) is 0 Å². The summed E-state index contributed by atoms with van der Waals surface area (Å²) < 4.78 is 0. The molecule has 0 radical (unpaired) electrons. The first-order valence-corrected chi connectivity index (χ1v) is 6.52. The van der Waals surface area contributed by atoms with Gasteiger partial charge in [-0.05, 0) is 5.92 Å². The van der Waals surface area contributed by atoms with E-state index in [2.05, 4.69) is 10.6 Å². The average Bonchev–Trinajstić information content (AvgIpc) is 2.34. The topological polar surface area (TPSA) is 95.5 Å². The highest BCUT2D eigenvalue weighted by Crippen LogP contribution is 2.10. The quantitative estimate of drug-likeness (QED) is 0.603. The van der Waals surface area contributed by atoms with E-state index in [0.29, 0.717) is 12.5 Å². The van der Waals surface area contributed by atoms with Gasteiger partial charge in [0.25, 0.3) is 0 Å². The van der Waals surface area contributed by atoms with E-state index in [1.807, 2.05) is 13.8 Å². The lowest BCUT2D eigenvalue weighted by molar-refractivity contribution is -0.146. The Bertz CT molecular complexity index is 329. The second-order valence-corrected chi connectivity index (χ2v) is 5.15. The second kappa shape index (κ2) is 8.50. The van der Waals surface area contributed by atoms with Crippen molar-refractivity contribution < 1.29 is 19.5 Å². The van der Waals surface area contributed by atoms with Gasteiger partial charge in [-0.3, -0.25) is 14.4 Å². The van der Waals surface area contributed by atoms with Gasteiger partial charge in [0, 0.05) is 25.4 Å². The van der Waals surface area contributed by atoms with Gasteiger partial charge < -0.3 is 15.7 Å². The summed E-state index contributed by atoms with van der Waals surface area (Å²) in [6.45, 7) is 7.88. The first-order valence-electron chi connectivity index (χ1n) is 6.52. The Labute approximate surface area is 113 Å². The van der Waals surface area contributed by atoms with Crippen LogP contribution in [-0.4, -0.2) is 36.0 Å². The number of rotatable bonds is 8. The number of hydrogen-bond acceptors (Lipinski definition) is 3. The van der Waals surface area contributed by atoms with Crippen molar-refractivity contribution in [2.45, 2.75) is 34.1 Å². The molecule has 0 aliphatic rings. The zero-order chi connectivity index (χ0) is 15.0. The standard InChI is InChI=1S/C13H24N2O4/c1-8(2)7-15-11(16)5-6-14-12(17)9(3)10(4)13(18)19/h8-10H,5-7H2,1-4H3,(H,14,17)(H,15,16)(H,18,19). The van der Waals surface area contributed by atoms with Crippen LogP contribution in [0.15, 0.2) is 0 Å². The molecule has 2 unspecified atom stereocenters. The molecule has 0 saturated carbocycles. The molecule has 2 amide bonds. The van der Waals surface area contributed by atoms with E-state index in [-0.39, 0.29) is 24.8 Å². The number of carboxylic acids is 1. The third kappa shape index (κ3) is 7.43. The third-order valence-electron chi connectivity index (χ3n) is 2.91. The summed E-state index contributed by atoms with van der Waals surface area (Å²) in [6, 6.07) is 0. The van der Waals surface area contributed by atoms with Crippen molar-refractivity contribution in [3.05, 3.63) is 0 Å². The van der Waals surface area contributed by atoms with E-state index < -0.39 is 17.8 Å². The smallest absolute Gasteiger partial charge is 0.307 e. The van der Waals surface area contributed by atoms with Crippen LogP contribution < -0.4 is 10.6 Å². The van der Waals surface area contributed by atoms with E-state index in [1.165, 1.54) is 6.92 Å². The van der Waals surface area contributed by atoms with Gasteiger partial charge in [0.2, 0.25) is 11.8 Å².